The molecule has 4 aromatic heterocycles. The van der Waals surface area contributed by atoms with Crippen molar-refractivity contribution >= 4 is 17.6 Å². The molecule has 10 nitrogen and oxygen atoms in total. The lowest BCUT2D eigenvalue weighted by molar-refractivity contribution is 0.361. The van der Waals surface area contributed by atoms with Crippen molar-refractivity contribution in [3.8, 4) is 17.1 Å². The SMILES string of the molecule is COc1ncccc1-c1cc([C@@H]2CCCN2c2ncc(F)c(Nc3cc(C)[nH]n3)n2)on1. The zero-order chi connectivity index (χ0) is 22.1. The molecule has 1 saturated heterocycles. The van der Waals surface area contributed by atoms with Crippen LogP contribution in [-0.2, 0) is 0 Å². The first-order valence-corrected chi connectivity index (χ1v) is 10.2. The van der Waals surface area contributed by atoms with Crippen molar-refractivity contribution < 1.29 is 13.7 Å². The van der Waals surface area contributed by atoms with E-state index in [1.54, 1.807) is 19.4 Å². The number of hydrogen-bond donors (Lipinski definition) is 2. The van der Waals surface area contributed by atoms with Gasteiger partial charge >= 0.3 is 0 Å². The highest BCUT2D eigenvalue weighted by molar-refractivity contribution is 5.65. The van der Waals surface area contributed by atoms with E-state index >= 15 is 0 Å². The van der Waals surface area contributed by atoms with Crippen LogP contribution in [0.1, 0.15) is 30.3 Å². The Bertz CT molecular complexity index is 1240. The van der Waals surface area contributed by atoms with Gasteiger partial charge in [0.1, 0.15) is 5.69 Å². The molecular formula is C21H21FN8O2. The zero-order valence-corrected chi connectivity index (χ0v) is 17.5. The first kappa shape index (κ1) is 19.9. The predicted octanol–water partition coefficient (Wildman–Crippen LogP) is 3.79. The number of anilines is 3. The summed E-state index contributed by atoms with van der Waals surface area (Å²) in [6.07, 6.45) is 4.57. The highest BCUT2D eigenvalue weighted by Crippen LogP contribution is 2.37. The molecule has 0 amide bonds. The van der Waals surface area contributed by atoms with Gasteiger partial charge in [-0.3, -0.25) is 5.10 Å². The van der Waals surface area contributed by atoms with Crippen LogP contribution in [0, 0.1) is 12.7 Å². The van der Waals surface area contributed by atoms with Gasteiger partial charge in [0.25, 0.3) is 0 Å². The lowest BCUT2D eigenvalue weighted by Gasteiger charge is -2.22. The summed E-state index contributed by atoms with van der Waals surface area (Å²) >= 11 is 0. The normalized spacial score (nSPS) is 15.8. The monoisotopic (exact) mass is 436 g/mol. The van der Waals surface area contributed by atoms with E-state index in [2.05, 4.69) is 35.6 Å². The van der Waals surface area contributed by atoms with Gasteiger partial charge in [0, 0.05) is 30.6 Å². The maximum Gasteiger partial charge on any atom is 0.228 e. The molecule has 11 heteroatoms. The van der Waals surface area contributed by atoms with Crippen molar-refractivity contribution in [1.29, 1.82) is 0 Å². The molecule has 0 bridgehead atoms. The Morgan fingerprint density at radius 1 is 1.31 bits per heavy atom. The van der Waals surface area contributed by atoms with Gasteiger partial charge < -0.3 is 19.5 Å². The fourth-order valence-electron chi connectivity index (χ4n) is 3.81. The number of pyridine rings is 1. The van der Waals surface area contributed by atoms with Crippen LogP contribution in [0.2, 0.25) is 0 Å². The van der Waals surface area contributed by atoms with Gasteiger partial charge in [0.05, 0.1) is 24.9 Å². The third-order valence-corrected chi connectivity index (χ3v) is 5.29. The van der Waals surface area contributed by atoms with Crippen molar-refractivity contribution in [3.63, 3.8) is 0 Å². The van der Waals surface area contributed by atoms with Gasteiger partial charge in [-0.15, -0.1) is 0 Å². The summed E-state index contributed by atoms with van der Waals surface area (Å²) in [5, 5.41) is 14.0. The second kappa shape index (κ2) is 8.25. The van der Waals surface area contributed by atoms with E-state index in [-0.39, 0.29) is 11.9 Å². The number of nitrogens with zero attached hydrogens (tertiary/aromatic N) is 6. The lowest BCUT2D eigenvalue weighted by Crippen LogP contribution is -2.24. The van der Waals surface area contributed by atoms with Crippen molar-refractivity contribution in [2.75, 3.05) is 23.9 Å². The molecule has 0 aliphatic carbocycles. The molecule has 0 spiro atoms. The van der Waals surface area contributed by atoms with Gasteiger partial charge in [-0.1, -0.05) is 5.16 Å². The number of ether oxygens (including phenoxy) is 1. The molecule has 5 rings (SSSR count). The van der Waals surface area contributed by atoms with E-state index in [1.807, 2.05) is 30.0 Å². The minimum absolute atomic E-state index is 0.0607. The second-order valence-electron chi connectivity index (χ2n) is 7.45. The Morgan fingerprint density at radius 3 is 3.03 bits per heavy atom. The van der Waals surface area contributed by atoms with Gasteiger partial charge in [-0.05, 0) is 31.9 Å². The molecule has 32 heavy (non-hydrogen) atoms. The highest BCUT2D eigenvalue weighted by Gasteiger charge is 2.32. The number of halogens is 1. The van der Waals surface area contributed by atoms with Crippen LogP contribution in [0.3, 0.4) is 0 Å². The number of nitrogens with one attached hydrogen (secondary N) is 2. The summed E-state index contributed by atoms with van der Waals surface area (Å²) in [5.74, 6) is 1.53. The predicted molar refractivity (Wildman–Crippen MR) is 114 cm³/mol. The lowest BCUT2D eigenvalue weighted by atomic mass is 10.1. The van der Waals surface area contributed by atoms with Crippen molar-refractivity contribution in [1.82, 2.24) is 30.3 Å². The first-order valence-electron chi connectivity index (χ1n) is 10.2. The Balaban J connectivity index is 1.42. The van der Waals surface area contributed by atoms with Crippen LogP contribution in [0.25, 0.3) is 11.3 Å². The molecule has 0 radical (unpaired) electrons. The largest absolute Gasteiger partial charge is 0.481 e. The van der Waals surface area contributed by atoms with E-state index in [0.29, 0.717) is 35.6 Å². The Kier molecular flexibility index (Phi) is 5.13. The van der Waals surface area contributed by atoms with Crippen LogP contribution < -0.4 is 15.0 Å². The van der Waals surface area contributed by atoms with Crippen LogP contribution in [-0.4, -0.2) is 44.0 Å². The summed E-state index contributed by atoms with van der Waals surface area (Å²) in [6.45, 7) is 2.57. The number of rotatable bonds is 6. The maximum atomic E-state index is 14.3. The fourth-order valence-corrected chi connectivity index (χ4v) is 3.81. The molecular weight excluding hydrogens is 415 g/mol. The highest BCUT2D eigenvalue weighted by atomic mass is 19.1. The Hall–Kier alpha value is -4.02. The number of aromatic amines is 1. The second-order valence-corrected chi connectivity index (χ2v) is 7.45. The Labute approximate surface area is 182 Å². The third-order valence-electron chi connectivity index (χ3n) is 5.29. The van der Waals surface area contributed by atoms with Crippen molar-refractivity contribution in [3.05, 3.63) is 53.9 Å². The minimum Gasteiger partial charge on any atom is -0.481 e. The van der Waals surface area contributed by atoms with Gasteiger partial charge in [0.2, 0.25) is 11.8 Å². The molecule has 2 N–H and O–H groups in total. The Morgan fingerprint density at radius 2 is 2.22 bits per heavy atom. The number of H-pyrrole nitrogens is 1. The van der Waals surface area contributed by atoms with E-state index in [9.17, 15) is 4.39 Å². The summed E-state index contributed by atoms with van der Waals surface area (Å²) in [5.41, 5.74) is 2.23. The average molecular weight is 436 g/mol. The van der Waals surface area contributed by atoms with Gasteiger partial charge in [-0.2, -0.15) is 10.1 Å². The van der Waals surface area contributed by atoms with Crippen molar-refractivity contribution in [2.24, 2.45) is 0 Å². The van der Waals surface area contributed by atoms with Gasteiger partial charge in [0.15, 0.2) is 23.2 Å². The number of hydrogen-bond acceptors (Lipinski definition) is 9. The summed E-state index contributed by atoms with van der Waals surface area (Å²) in [6, 6.07) is 7.21. The van der Waals surface area contributed by atoms with Crippen LogP contribution in [0.5, 0.6) is 5.88 Å². The first-order chi connectivity index (χ1) is 15.6. The zero-order valence-electron chi connectivity index (χ0n) is 17.5. The van der Waals surface area contributed by atoms with Crippen LogP contribution >= 0.6 is 0 Å². The fraction of sp³-hybridized carbons (Fsp3) is 0.286. The number of methoxy groups -OCH3 is 1. The molecule has 1 fully saturated rings. The van der Waals surface area contributed by atoms with Crippen LogP contribution in [0.4, 0.5) is 22.0 Å². The molecule has 0 saturated carbocycles. The molecule has 1 aliphatic heterocycles. The standard InChI is InChI=1S/C21H21FN8O2/c1-12-9-18(28-27-12)25-19-14(22)11-24-21(26-19)30-8-4-6-16(30)17-10-15(29-32-17)13-5-3-7-23-20(13)31-2/h3,5,7,9-11,16H,4,6,8H2,1-2H3,(H2,24,25,26,27,28)/t16-/m0/s1. The molecule has 0 aromatic carbocycles. The smallest absolute Gasteiger partial charge is 0.228 e. The van der Waals surface area contributed by atoms with Crippen LogP contribution in [0.15, 0.2) is 41.2 Å². The summed E-state index contributed by atoms with van der Waals surface area (Å²) in [7, 11) is 1.56. The molecule has 164 valence electrons. The molecule has 0 unspecified atom stereocenters. The number of aromatic nitrogens is 6. The number of aryl methyl sites for hydroxylation is 1. The summed E-state index contributed by atoms with van der Waals surface area (Å²) in [4.78, 5) is 14.8. The van der Waals surface area contributed by atoms with Gasteiger partial charge in [-0.25, -0.2) is 14.4 Å². The topological polar surface area (TPSA) is 118 Å². The molecule has 1 atom stereocenters. The summed E-state index contributed by atoms with van der Waals surface area (Å²) < 4.78 is 25.3. The van der Waals surface area contributed by atoms with E-state index < -0.39 is 5.82 Å². The maximum absolute atomic E-state index is 14.3. The van der Waals surface area contributed by atoms with E-state index in [0.717, 1.165) is 30.3 Å². The molecule has 5 heterocycles. The van der Waals surface area contributed by atoms with E-state index in [1.165, 1.54) is 0 Å². The quantitative estimate of drug-likeness (QED) is 0.465. The van der Waals surface area contributed by atoms with Crippen molar-refractivity contribution in [2.45, 2.75) is 25.8 Å². The average Bonchev–Trinajstić information content (AvgIpc) is 3.56. The molecule has 1 aliphatic rings. The third kappa shape index (κ3) is 3.72. The van der Waals surface area contributed by atoms with E-state index in [4.69, 9.17) is 9.26 Å². The molecule has 4 aromatic rings. The minimum atomic E-state index is -0.559.